The number of rotatable bonds is 3. The van der Waals surface area contributed by atoms with Gasteiger partial charge in [-0.25, -0.2) is 0 Å². The van der Waals surface area contributed by atoms with Crippen LogP contribution < -0.4 is 10.5 Å². The van der Waals surface area contributed by atoms with E-state index in [4.69, 9.17) is 10.5 Å². The Morgan fingerprint density at radius 2 is 1.85 bits per heavy atom. The zero-order chi connectivity index (χ0) is 14.9. The number of alkyl halides is 3. The molecule has 0 atom stereocenters. The highest BCUT2D eigenvalue weighted by atomic mass is 19.4. The van der Waals surface area contributed by atoms with Crippen molar-refractivity contribution in [1.82, 2.24) is 9.78 Å². The molecule has 0 unspecified atom stereocenters. The third-order valence-electron chi connectivity index (χ3n) is 3.01. The molecule has 0 saturated carbocycles. The van der Waals surface area contributed by atoms with Crippen LogP contribution in [0.5, 0.6) is 5.75 Å². The molecule has 1 heterocycles. The van der Waals surface area contributed by atoms with E-state index in [9.17, 15) is 13.2 Å². The first-order valence-corrected chi connectivity index (χ1v) is 5.86. The molecule has 0 aliphatic heterocycles. The molecule has 1 aromatic heterocycles. The molecule has 0 spiro atoms. The van der Waals surface area contributed by atoms with Gasteiger partial charge < -0.3 is 10.5 Å². The summed E-state index contributed by atoms with van der Waals surface area (Å²) in [5.41, 5.74) is 5.21. The molecule has 2 rings (SSSR count). The van der Waals surface area contributed by atoms with Crippen molar-refractivity contribution in [2.45, 2.75) is 19.6 Å². The summed E-state index contributed by atoms with van der Waals surface area (Å²) < 4.78 is 44.4. The van der Waals surface area contributed by atoms with Crippen LogP contribution in [0, 0.1) is 6.92 Å². The SMILES string of the molecule is COc1ccc(Cn2nc(C(F)(F)F)c(N)c2C)cc1. The molecule has 7 heteroatoms. The van der Waals surface area contributed by atoms with Crippen molar-refractivity contribution in [3.05, 3.63) is 41.2 Å². The second kappa shape index (κ2) is 5.07. The molecule has 2 aromatic rings. The molecule has 0 bridgehead atoms. The summed E-state index contributed by atoms with van der Waals surface area (Å²) in [4.78, 5) is 0. The van der Waals surface area contributed by atoms with Gasteiger partial charge in [0.1, 0.15) is 5.75 Å². The van der Waals surface area contributed by atoms with Gasteiger partial charge in [0.05, 0.1) is 25.0 Å². The Labute approximate surface area is 114 Å². The first-order valence-electron chi connectivity index (χ1n) is 5.86. The summed E-state index contributed by atoms with van der Waals surface area (Å²) >= 11 is 0. The Bertz CT molecular complexity index is 603. The summed E-state index contributed by atoms with van der Waals surface area (Å²) in [6.45, 7) is 1.73. The Morgan fingerprint density at radius 1 is 1.25 bits per heavy atom. The molecular weight excluding hydrogens is 271 g/mol. The fourth-order valence-electron chi connectivity index (χ4n) is 1.83. The molecule has 4 nitrogen and oxygen atoms in total. The average molecular weight is 285 g/mol. The third-order valence-corrected chi connectivity index (χ3v) is 3.01. The largest absolute Gasteiger partial charge is 0.497 e. The van der Waals surface area contributed by atoms with Gasteiger partial charge in [-0.05, 0) is 24.6 Å². The summed E-state index contributed by atoms with van der Waals surface area (Å²) in [6.07, 6.45) is -4.54. The summed E-state index contributed by atoms with van der Waals surface area (Å²) in [7, 11) is 1.54. The highest BCUT2D eigenvalue weighted by molar-refractivity contribution is 5.49. The number of benzene rings is 1. The standard InChI is InChI=1S/C13H14F3N3O/c1-8-11(17)12(13(14,15)16)18-19(8)7-9-3-5-10(20-2)6-4-9/h3-6H,7,17H2,1-2H3. The molecule has 20 heavy (non-hydrogen) atoms. The first-order chi connectivity index (χ1) is 9.32. The van der Waals surface area contributed by atoms with Gasteiger partial charge in [0, 0.05) is 0 Å². The predicted molar refractivity (Wildman–Crippen MR) is 68.5 cm³/mol. The maximum atomic E-state index is 12.7. The van der Waals surface area contributed by atoms with Crippen molar-refractivity contribution in [2.75, 3.05) is 12.8 Å². The smallest absolute Gasteiger partial charge is 0.437 e. The number of methoxy groups -OCH3 is 1. The van der Waals surface area contributed by atoms with E-state index >= 15 is 0 Å². The Hall–Kier alpha value is -2.18. The van der Waals surface area contributed by atoms with Crippen LogP contribution in [0.25, 0.3) is 0 Å². The average Bonchev–Trinajstić information content (AvgIpc) is 2.68. The van der Waals surface area contributed by atoms with Crippen LogP contribution in [0.2, 0.25) is 0 Å². The minimum Gasteiger partial charge on any atom is -0.497 e. The number of halogens is 3. The van der Waals surface area contributed by atoms with E-state index in [2.05, 4.69) is 5.10 Å². The van der Waals surface area contributed by atoms with Crippen LogP contribution in [-0.2, 0) is 12.7 Å². The van der Waals surface area contributed by atoms with E-state index in [1.165, 1.54) is 11.6 Å². The maximum Gasteiger partial charge on any atom is 0.437 e. The molecule has 0 radical (unpaired) electrons. The normalized spacial score (nSPS) is 11.7. The Balaban J connectivity index is 2.29. The number of hydrogen-bond donors (Lipinski definition) is 1. The van der Waals surface area contributed by atoms with Gasteiger partial charge >= 0.3 is 6.18 Å². The number of nitrogens with zero attached hydrogens (tertiary/aromatic N) is 2. The molecular formula is C13H14F3N3O. The van der Waals surface area contributed by atoms with Gasteiger partial charge in [0.15, 0.2) is 5.69 Å². The second-order valence-corrected chi connectivity index (χ2v) is 4.35. The van der Waals surface area contributed by atoms with Crippen molar-refractivity contribution in [3.63, 3.8) is 0 Å². The van der Waals surface area contributed by atoms with Crippen molar-refractivity contribution in [3.8, 4) is 5.75 Å². The van der Waals surface area contributed by atoms with Gasteiger partial charge in [-0.3, -0.25) is 4.68 Å². The molecule has 0 aliphatic rings. The Kier molecular flexibility index (Phi) is 3.61. The van der Waals surface area contributed by atoms with Gasteiger partial charge in [-0.1, -0.05) is 12.1 Å². The van der Waals surface area contributed by atoms with Crippen molar-refractivity contribution in [1.29, 1.82) is 0 Å². The summed E-state index contributed by atoms with van der Waals surface area (Å²) in [5, 5.41) is 3.55. The van der Waals surface area contributed by atoms with Gasteiger partial charge in [0.25, 0.3) is 0 Å². The highest BCUT2D eigenvalue weighted by Crippen LogP contribution is 2.34. The molecule has 0 saturated heterocycles. The highest BCUT2D eigenvalue weighted by Gasteiger charge is 2.37. The molecule has 0 fully saturated rings. The van der Waals surface area contributed by atoms with Crippen LogP contribution in [-0.4, -0.2) is 16.9 Å². The van der Waals surface area contributed by atoms with E-state index in [0.717, 1.165) is 5.56 Å². The maximum absolute atomic E-state index is 12.7. The van der Waals surface area contributed by atoms with Crippen LogP contribution in [0.3, 0.4) is 0 Å². The molecule has 0 aliphatic carbocycles. The first kappa shape index (κ1) is 14.2. The van der Waals surface area contributed by atoms with Crippen LogP contribution in [0.15, 0.2) is 24.3 Å². The van der Waals surface area contributed by atoms with E-state index in [1.54, 1.807) is 31.4 Å². The van der Waals surface area contributed by atoms with Crippen LogP contribution >= 0.6 is 0 Å². The van der Waals surface area contributed by atoms with E-state index in [1.807, 2.05) is 0 Å². The lowest BCUT2D eigenvalue weighted by Crippen LogP contribution is -2.10. The minimum absolute atomic E-state index is 0.218. The van der Waals surface area contributed by atoms with Crippen molar-refractivity contribution in [2.24, 2.45) is 0 Å². The predicted octanol–water partition coefficient (Wildman–Crippen LogP) is 2.85. The molecule has 0 amide bonds. The van der Waals surface area contributed by atoms with Gasteiger partial charge in [0.2, 0.25) is 0 Å². The van der Waals surface area contributed by atoms with Gasteiger partial charge in [-0.2, -0.15) is 18.3 Å². The fraction of sp³-hybridized carbons (Fsp3) is 0.308. The Morgan fingerprint density at radius 3 is 2.30 bits per heavy atom. The van der Waals surface area contributed by atoms with Crippen LogP contribution in [0.1, 0.15) is 17.0 Å². The quantitative estimate of drug-likeness (QED) is 0.943. The molecule has 2 N–H and O–H groups in total. The van der Waals surface area contributed by atoms with E-state index in [0.29, 0.717) is 11.4 Å². The number of hydrogen-bond acceptors (Lipinski definition) is 3. The monoisotopic (exact) mass is 285 g/mol. The number of nitrogen functional groups attached to an aromatic ring is 1. The lowest BCUT2D eigenvalue weighted by atomic mass is 10.2. The number of aromatic nitrogens is 2. The van der Waals surface area contributed by atoms with E-state index in [-0.39, 0.29) is 12.2 Å². The van der Waals surface area contributed by atoms with E-state index < -0.39 is 11.9 Å². The zero-order valence-electron chi connectivity index (χ0n) is 11.0. The second-order valence-electron chi connectivity index (χ2n) is 4.35. The number of anilines is 1. The topological polar surface area (TPSA) is 53.1 Å². The fourth-order valence-corrected chi connectivity index (χ4v) is 1.83. The third kappa shape index (κ3) is 2.71. The summed E-state index contributed by atoms with van der Waals surface area (Å²) in [5.74, 6) is 0.682. The lowest BCUT2D eigenvalue weighted by molar-refractivity contribution is -0.140. The minimum atomic E-state index is -4.54. The van der Waals surface area contributed by atoms with Crippen molar-refractivity contribution >= 4 is 5.69 Å². The summed E-state index contributed by atoms with van der Waals surface area (Å²) in [6, 6.07) is 7.01. The molecule has 108 valence electrons. The number of nitrogens with two attached hydrogens (primary N) is 1. The lowest BCUT2D eigenvalue weighted by Gasteiger charge is -2.06. The van der Waals surface area contributed by atoms with Crippen molar-refractivity contribution < 1.29 is 17.9 Å². The zero-order valence-corrected chi connectivity index (χ0v) is 11.0. The van der Waals surface area contributed by atoms with Gasteiger partial charge in [-0.15, -0.1) is 0 Å². The van der Waals surface area contributed by atoms with Crippen LogP contribution in [0.4, 0.5) is 18.9 Å². The molecule has 1 aromatic carbocycles. The number of ether oxygens (including phenoxy) is 1.